The monoisotopic (exact) mass is 224 g/mol. The van der Waals surface area contributed by atoms with Gasteiger partial charge in [-0.2, -0.15) is 5.26 Å². The first-order chi connectivity index (χ1) is 6.99. The van der Waals surface area contributed by atoms with Crippen LogP contribution in [0.4, 0.5) is 0 Å². The van der Waals surface area contributed by atoms with E-state index in [4.69, 9.17) is 10.00 Å². The molecule has 0 aliphatic heterocycles. The summed E-state index contributed by atoms with van der Waals surface area (Å²) in [5.41, 5.74) is 0.768. The molecule has 0 amide bonds. The van der Waals surface area contributed by atoms with Crippen LogP contribution in [-0.2, 0) is 10.2 Å². The van der Waals surface area contributed by atoms with Crippen LogP contribution in [0.15, 0.2) is 5.38 Å². The van der Waals surface area contributed by atoms with Gasteiger partial charge in [0.25, 0.3) is 0 Å². The van der Waals surface area contributed by atoms with E-state index in [1.54, 1.807) is 11.3 Å². The number of thiazole rings is 1. The molecule has 0 bridgehead atoms. The lowest BCUT2D eigenvalue weighted by Gasteiger charge is -2.13. The summed E-state index contributed by atoms with van der Waals surface area (Å²) in [6.07, 6.45) is -0.526. The molecule has 1 aromatic heterocycles. The number of hydrogen-bond acceptors (Lipinski definition) is 4. The normalized spacial score (nSPS) is 13.5. The number of aromatic nitrogens is 1. The highest BCUT2D eigenvalue weighted by atomic mass is 32.1. The van der Waals surface area contributed by atoms with Gasteiger partial charge in [0, 0.05) is 17.4 Å². The quantitative estimate of drug-likeness (QED) is 0.792. The predicted molar refractivity (Wildman–Crippen MR) is 60.8 cm³/mol. The Balaban J connectivity index is 2.88. The minimum atomic E-state index is -0.526. The van der Waals surface area contributed by atoms with Crippen molar-refractivity contribution in [1.82, 2.24) is 4.98 Å². The summed E-state index contributed by atoms with van der Waals surface area (Å²) in [5, 5.41) is 11.9. The molecular formula is C11H16N2OS. The molecule has 82 valence electrons. The van der Waals surface area contributed by atoms with E-state index in [0.29, 0.717) is 6.61 Å². The molecule has 1 aromatic rings. The molecule has 1 rings (SSSR count). The van der Waals surface area contributed by atoms with Crippen molar-refractivity contribution < 1.29 is 4.74 Å². The number of nitrogens with zero attached hydrogens (tertiary/aromatic N) is 2. The summed E-state index contributed by atoms with van der Waals surface area (Å²) >= 11 is 1.58. The maximum atomic E-state index is 8.91. The van der Waals surface area contributed by atoms with Gasteiger partial charge in [0.1, 0.15) is 6.07 Å². The van der Waals surface area contributed by atoms with E-state index in [2.05, 4.69) is 31.8 Å². The van der Waals surface area contributed by atoms with Crippen LogP contribution in [0.2, 0.25) is 0 Å². The van der Waals surface area contributed by atoms with Crippen molar-refractivity contribution in [2.24, 2.45) is 0 Å². The van der Waals surface area contributed by atoms with Crippen LogP contribution in [0, 0.1) is 11.3 Å². The van der Waals surface area contributed by atoms with E-state index in [-0.39, 0.29) is 5.41 Å². The third-order valence-electron chi connectivity index (χ3n) is 1.88. The first-order valence-corrected chi connectivity index (χ1v) is 5.84. The molecule has 0 saturated heterocycles. The molecule has 0 radical (unpaired) electrons. The minimum Gasteiger partial charge on any atom is -0.357 e. The summed E-state index contributed by atoms with van der Waals surface area (Å²) in [5.74, 6) is 0. The fraction of sp³-hybridized carbons (Fsp3) is 0.636. The van der Waals surface area contributed by atoms with E-state index in [1.165, 1.54) is 0 Å². The van der Waals surface area contributed by atoms with Crippen molar-refractivity contribution in [3.63, 3.8) is 0 Å². The van der Waals surface area contributed by atoms with Gasteiger partial charge in [-0.15, -0.1) is 11.3 Å². The Labute approximate surface area is 94.7 Å². The van der Waals surface area contributed by atoms with Crippen molar-refractivity contribution in [2.45, 2.75) is 39.2 Å². The lowest BCUT2D eigenvalue weighted by molar-refractivity contribution is 0.0993. The largest absolute Gasteiger partial charge is 0.357 e. The molecule has 1 heterocycles. The lowest BCUT2D eigenvalue weighted by Crippen LogP contribution is -2.11. The van der Waals surface area contributed by atoms with Gasteiger partial charge >= 0.3 is 0 Å². The van der Waals surface area contributed by atoms with E-state index in [1.807, 2.05) is 12.3 Å². The Morgan fingerprint density at radius 3 is 2.67 bits per heavy atom. The Kier molecular flexibility index (Phi) is 3.83. The molecule has 0 aliphatic rings. The molecule has 1 atom stereocenters. The molecule has 3 nitrogen and oxygen atoms in total. The highest BCUT2D eigenvalue weighted by molar-refractivity contribution is 7.09. The fourth-order valence-corrected chi connectivity index (χ4v) is 2.03. The van der Waals surface area contributed by atoms with Gasteiger partial charge in [-0.1, -0.05) is 20.8 Å². The molecule has 0 fully saturated rings. The van der Waals surface area contributed by atoms with E-state index >= 15 is 0 Å². The Morgan fingerprint density at radius 2 is 2.27 bits per heavy atom. The van der Waals surface area contributed by atoms with E-state index in [9.17, 15) is 0 Å². The van der Waals surface area contributed by atoms with Crippen molar-refractivity contribution in [3.8, 4) is 6.07 Å². The van der Waals surface area contributed by atoms with Crippen molar-refractivity contribution in [2.75, 3.05) is 6.61 Å². The molecule has 0 aromatic carbocycles. The summed E-state index contributed by atoms with van der Waals surface area (Å²) in [4.78, 5) is 4.44. The van der Waals surface area contributed by atoms with Crippen molar-refractivity contribution >= 4 is 11.3 Å². The summed E-state index contributed by atoms with van der Waals surface area (Å²) in [6.45, 7) is 8.73. The number of ether oxygens (including phenoxy) is 1. The molecule has 15 heavy (non-hydrogen) atoms. The summed E-state index contributed by atoms with van der Waals surface area (Å²) < 4.78 is 5.29. The third-order valence-corrected chi connectivity index (χ3v) is 3.17. The minimum absolute atomic E-state index is 0.0368. The third kappa shape index (κ3) is 3.01. The SMILES string of the molecule is CCOC(C#N)c1csc(C(C)(C)C)n1. The maximum Gasteiger partial charge on any atom is 0.186 e. The van der Waals surface area contributed by atoms with Crippen LogP contribution in [-0.4, -0.2) is 11.6 Å². The molecule has 1 unspecified atom stereocenters. The molecule has 0 N–H and O–H groups in total. The second-order valence-corrected chi connectivity index (χ2v) is 5.15. The topological polar surface area (TPSA) is 45.9 Å². The molecule has 0 spiro atoms. The highest BCUT2D eigenvalue weighted by Gasteiger charge is 2.21. The maximum absolute atomic E-state index is 8.91. The van der Waals surface area contributed by atoms with E-state index in [0.717, 1.165) is 10.7 Å². The lowest BCUT2D eigenvalue weighted by atomic mass is 9.98. The van der Waals surface area contributed by atoms with Gasteiger partial charge in [0.05, 0.1) is 10.7 Å². The van der Waals surface area contributed by atoms with Crippen LogP contribution in [0.25, 0.3) is 0 Å². The average molecular weight is 224 g/mol. The number of nitriles is 1. The van der Waals surface area contributed by atoms with Crippen LogP contribution >= 0.6 is 11.3 Å². The number of hydrogen-bond donors (Lipinski definition) is 0. The van der Waals surface area contributed by atoms with Crippen LogP contribution in [0.5, 0.6) is 0 Å². The van der Waals surface area contributed by atoms with Gasteiger partial charge in [-0.05, 0) is 6.92 Å². The highest BCUT2D eigenvalue weighted by Crippen LogP contribution is 2.28. The smallest absolute Gasteiger partial charge is 0.186 e. The Morgan fingerprint density at radius 1 is 1.60 bits per heavy atom. The Hall–Kier alpha value is -0.920. The first-order valence-electron chi connectivity index (χ1n) is 4.96. The van der Waals surface area contributed by atoms with Crippen LogP contribution in [0.3, 0.4) is 0 Å². The van der Waals surface area contributed by atoms with Gasteiger partial charge in [-0.3, -0.25) is 0 Å². The standard InChI is InChI=1S/C11H16N2OS/c1-5-14-9(6-12)8-7-15-10(13-8)11(2,3)4/h7,9H,5H2,1-4H3. The van der Waals surface area contributed by atoms with E-state index < -0.39 is 6.10 Å². The van der Waals surface area contributed by atoms with Crippen LogP contribution in [0.1, 0.15) is 44.5 Å². The van der Waals surface area contributed by atoms with Crippen LogP contribution < -0.4 is 0 Å². The van der Waals surface area contributed by atoms with Crippen molar-refractivity contribution in [1.29, 1.82) is 5.26 Å². The van der Waals surface area contributed by atoms with Gasteiger partial charge in [-0.25, -0.2) is 4.98 Å². The zero-order valence-electron chi connectivity index (χ0n) is 9.57. The molecule has 0 saturated carbocycles. The molecular weight excluding hydrogens is 208 g/mol. The zero-order valence-corrected chi connectivity index (χ0v) is 10.4. The summed E-state index contributed by atoms with van der Waals surface area (Å²) in [6, 6.07) is 2.11. The molecule has 0 aliphatic carbocycles. The first kappa shape index (κ1) is 12.2. The number of rotatable bonds is 3. The average Bonchev–Trinajstić information content (AvgIpc) is 2.62. The second-order valence-electron chi connectivity index (χ2n) is 4.29. The predicted octanol–water partition coefficient (Wildman–Crippen LogP) is 3.04. The molecule has 4 heteroatoms. The Bertz CT molecular complexity index is 359. The fourth-order valence-electron chi connectivity index (χ4n) is 1.11. The van der Waals surface area contributed by atoms with Gasteiger partial charge in [0.2, 0.25) is 0 Å². The second kappa shape index (κ2) is 4.73. The van der Waals surface area contributed by atoms with Crippen molar-refractivity contribution in [3.05, 3.63) is 16.1 Å². The van der Waals surface area contributed by atoms with Gasteiger partial charge < -0.3 is 4.74 Å². The van der Waals surface area contributed by atoms with Gasteiger partial charge in [0.15, 0.2) is 6.10 Å². The summed E-state index contributed by atoms with van der Waals surface area (Å²) in [7, 11) is 0. The zero-order chi connectivity index (χ0) is 11.5.